The second-order valence-electron chi connectivity index (χ2n) is 7.81. The van der Waals surface area contributed by atoms with Crippen LogP contribution in [0, 0.1) is 0 Å². The number of nitrogens with zero attached hydrogens (tertiary/aromatic N) is 2. The van der Waals surface area contributed by atoms with E-state index in [1.165, 1.54) is 23.5 Å². The Morgan fingerprint density at radius 1 is 0.788 bits per heavy atom. The zero-order chi connectivity index (χ0) is 24.0. The van der Waals surface area contributed by atoms with E-state index < -0.39 is 10.1 Å². The molecular weight excluding hydrogens is 432 g/mol. The first-order valence-electron chi connectivity index (χ1n) is 11.5. The average Bonchev–Trinajstić information content (AvgIpc) is 2.82. The SMILES string of the molecule is CCN(CC)c1ccc(C(=C2C=CC(=[N+](CC)CC)C=C2)c2ccc(S(=O)(=O)O)cc2)cc1. The lowest BCUT2D eigenvalue weighted by Crippen LogP contribution is -2.21. The summed E-state index contributed by atoms with van der Waals surface area (Å²) in [6.45, 7) is 12.3. The Labute approximate surface area is 197 Å². The standard InChI is InChI=1S/C27H32N2O3S/c1-5-28(6-2)24-15-9-21(10-16-24)27(23-13-19-26(20-14-23)33(30,31)32)22-11-17-25(18-12-22)29(7-3)8-4/h9-20H,5-8H2,1-4H3/p+1. The van der Waals surface area contributed by atoms with Crippen molar-refractivity contribution in [1.29, 1.82) is 0 Å². The molecule has 0 unspecified atom stereocenters. The van der Waals surface area contributed by atoms with Crippen LogP contribution in [0.3, 0.4) is 0 Å². The van der Waals surface area contributed by atoms with Crippen molar-refractivity contribution in [2.24, 2.45) is 0 Å². The van der Waals surface area contributed by atoms with Crippen LogP contribution in [-0.4, -0.2) is 49.4 Å². The van der Waals surface area contributed by atoms with Gasteiger partial charge in [-0.1, -0.05) is 24.3 Å². The molecule has 0 heterocycles. The van der Waals surface area contributed by atoms with E-state index >= 15 is 0 Å². The Balaban J connectivity index is 2.12. The number of hydrogen-bond donors (Lipinski definition) is 1. The average molecular weight is 466 g/mol. The summed E-state index contributed by atoms with van der Waals surface area (Å²) in [4.78, 5) is 2.18. The van der Waals surface area contributed by atoms with Gasteiger partial charge < -0.3 is 4.90 Å². The number of allylic oxidation sites excluding steroid dienone is 5. The molecule has 0 fully saturated rings. The van der Waals surface area contributed by atoms with Crippen molar-refractivity contribution >= 4 is 27.1 Å². The molecular formula is C27H33N2O3S+. The Bertz CT molecular complexity index is 1180. The normalized spacial score (nSPS) is 13.4. The molecule has 0 saturated carbocycles. The smallest absolute Gasteiger partial charge is 0.294 e. The van der Waals surface area contributed by atoms with Crippen molar-refractivity contribution in [1.82, 2.24) is 0 Å². The minimum atomic E-state index is -4.24. The third-order valence-corrected chi connectivity index (χ3v) is 6.88. The van der Waals surface area contributed by atoms with Crippen LogP contribution in [0.5, 0.6) is 0 Å². The van der Waals surface area contributed by atoms with Gasteiger partial charge >= 0.3 is 0 Å². The van der Waals surface area contributed by atoms with Gasteiger partial charge in [-0.25, -0.2) is 4.58 Å². The summed E-state index contributed by atoms with van der Waals surface area (Å²) in [6, 6.07) is 14.8. The molecule has 3 rings (SSSR count). The third kappa shape index (κ3) is 5.70. The van der Waals surface area contributed by atoms with E-state index in [0.29, 0.717) is 0 Å². The molecule has 0 spiro atoms. The maximum Gasteiger partial charge on any atom is 0.294 e. The van der Waals surface area contributed by atoms with Crippen LogP contribution in [0.1, 0.15) is 38.8 Å². The van der Waals surface area contributed by atoms with E-state index in [1.54, 1.807) is 12.1 Å². The minimum Gasteiger partial charge on any atom is -0.372 e. The molecule has 1 N–H and O–H groups in total. The maximum atomic E-state index is 11.5. The monoisotopic (exact) mass is 465 g/mol. The molecule has 1 aliphatic rings. The maximum absolute atomic E-state index is 11.5. The first-order valence-corrected chi connectivity index (χ1v) is 12.9. The van der Waals surface area contributed by atoms with Gasteiger partial charge in [0, 0.05) is 30.9 Å². The Morgan fingerprint density at radius 3 is 1.70 bits per heavy atom. The van der Waals surface area contributed by atoms with Gasteiger partial charge in [0.25, 0.3) is 10.1 Å². The Kier molecular flexibility index (Phi) is 8.06. The third-order valence-electron chi connectivity index (χ3n) is 6.01. The van der Waals surface area contributed by atoms with Crippen molar-refractivity contribution in [2.45, 2.75) is 32.6 Å². The van der Waals surface area contributed by atoms with E-state index in [2.05, 4.69) is 85.7 Å². The van der Waals surface area contributed by atoms with Crippen molar-refractivity contribution in [3.8, 4) is 0 Å². The van der Waals surface area contributed by atoms with Crippen LogP contribution in [-0.2, 0) is 10.1 Å². The summed E-state index contributed by atoms with van der Waals surface area (Å²) in [5.41, 5.74) is 6.31. The van der Waals surface area contributed by atoms with Crippen LogP contribution in [0.4, 0.5) is 5.69 Å². The number of anilines is 1. The Morgan fingerprint density at radius 2 is 1.27 bits per heavy atom. The van der Waals surface area contributed by atoms with E-state index in [0.717, 1.165) is 48.5 Å². The highest BCUT2D eigenvalue weighted by molar-refractivity contribution is 7.85. The molecule has 0 radical (unpaired) electrons. The highest BCUT2D eigenvalue weighted by Crippen LogP contribution is 2.31. The molecule has 0 aliphatic heterocycles. The highest BCUT2D eigenvalue weighted by atomic mass is 32.2. The van der Waals surface area contributed by atoms with Crippen molar-refractivity contribution in [2.75, 3.05) is 31.1 Å². The lowest BCUT2D eigenvalue weighted by atomic mass is 9.90. The number of rotatable bonds is 8. The minimum absolute atomic E-state index is 0.112. The quantitative estimate of drug-likeness (QED) is 0.430. The summed E-state index contributed by atoms with van der Waals surface area (Å²) in [5.74, 6) is 0. The zero-order valence-electron chi connectivity index (χ0n) is 19.8. The molecule has 0 aromatic heterocycles. The molecule has 0 amide bonds. The van der Waals surface area contributed by atoms with Gasteiger partial charge in [-0.3, -0.25) is 4.55 Å². The van der Waals surface area contributed by atoms with Crippen LogP contribution < -0.4 is 4.90 Å². The first-order chi connectivity index (χ1) is 15.8. The Hall–Kier alpha value is -2.96. The summed E-state index contributed by atoms with van der Waals surface area (Å²) in [5, 5.41) is 0. The largest absolute Gasteiger partial charge is 0.372 e. The molecule has 0 saturated heterocycles. The van der Waals surface area contributed by atoms with Crippen LogP contribution in [0.15, 0.2) is 83.3 Å². The van der Waals surface area contributed by atoms with Crippen molar-refractivity contribution in [3.05, 3.63) is 89.5 Å². The predicted molar refractivity (Wildman–Crippen MR) is 137 cm³/mol. The van der Waals surface area contributed by atoms with E-state index in [1.807, 2.05) is 0 Å². The van der Waals surface area contributed by atoms with Gasteiger partial charge in [-0.15, -0.1) is 0 Å². The molecule has 5 nitrogen and oxygen atoms in total. The van der Waals surface area contributed by atoms with E-state index in [4.69, 9.17) is 0 Å². The molecule has 6 heteroatoms. The molecule has 2 aromatic rings. The number of benzene rings is 2. The van der Waals surface area contributed by atoms with Crippen LogP contribution in [0.25, 0.3) is 5.57 Å². The van der Waals surface area contributed by atoms with Gasteiger partial charge in [0.2, 0.25) is 0 Å². The fourth-order valence-corrected chi connectivity index (χ4v) is 4.63. The van der Waals surface area contributed by atoms with Gasteiger partial charge in [-0.2, -0.15) is 8.42 Å². The van der Waals surface area contributed by atoms with Gasteiger partial charge in [0.05, 0.1) is 4.90 Å². The van der Waals surface area contributed by atoms with Gasteiger partial charge in [0.1, 0.15) is 13.1 Å². The lowest BCUT2D eigenvalue weighted by molar-refractivity contribution is -0.519. The van der Waals surface area contributed by atoms with E-state index in [-0.39, 0.29) is 4.90 Å². The molecule has 33 heavy (non-hydrogen) atoms. The second kappa shape index (κ2) is 10.8. The van der Waals surface area contributed by atoms with Crippen molar-refractivity contribution in [3.63, 3.8) is 0 Å². The van der Waals surface area contributed by atoms with Gasteiger partial charge in [0.15, 0.2) is 5.71 Å². The molecule has 174 valence electrons. The van der Waals surface area contributed by atoms with E-state index in [9.17, 15) is 13.0 Å². The summed E-state index contributed by atoms with van der Waals surface area (Å²) >= 11 is 0. The summed E-state index contributed by atoms with van der Waals surface area (Å²) in [7, 11) is -4.24. The zero-order valence-corrected chi connectivity index (χ0v) is 20.6. The topological polar surface area (TPSA) is 60.6 Å². The highest BCUT2D eigenvalue weighted by Gasteiger charge is 2.16. The molecule has 0 atom stereocenters. The second-order valence-corrected chi connectivity index (χ2v) is 9.23. The van der Waals surface area contributed by atoms with Gasteiger partial charge in [-0.05, 0) is 86.4 Å². The molecule has 0 bridgehead atoms. The lowest BCUT2D eigenvalue weighted by Gasteiger charge is -2.22. The van der Waals surface area contributed by atoms with Crippen LogP contribution in [0.2, 0.25) is 0 Å². The number of hydrogen-bond acceptors (Lipinski definition) is 3. The molecule has 1 aliphatic carbocycles. The summed E-state index contributed by atoms with van der Waals surface area (Å²) < 4.78 is 34.7. The van der Waals surface area contributed by atoms with Crippen LogP contribution >= 0.6 is 0 Å². The summed E-state index contributed by atoms with van der Waals surface area (Å²) in [6.07, 6.45) is 8.47. The van der Waals surface area contributed by atoms with Crippen molar-refractivity contribution < 1.29 is 17.5 Å². The fourth-order valence-electron chi connectivity index (χ4n) is 4.15. The fraction of sp³-hybridized carbons (Fsp3) is 0.296. The first kappa shape index (κ1) is 24.7. The predicted octanol–water partition coefficient (Wildman–Crippen LogP) is 5.20. The molecule has 2 aromatic carbocycles.